The number of H-pyrrole nitrogens is 1. The summed E-state index contributed by atoms with van der Waals surface area (Å²) in [5.41, 5.74) is 1.63. The van der Waals surface area contributed by atoms with E-state index in [2.05, 4.69) is 31.4 Å². The van der Waals surface area contributed by atoms with Crippen LogP contribution in [-0.4, -0.2) is 22.7 Å². The van der Waals surface area contributed by atoms with Gasteiger partial charge in [-0.2, -0.15) is 5.10 Å². The Morgan fingerprint density at radius 2 is 2.00 bits per heavy atom. The Morgan fingerprint density at radius 3 is 2.92 bits per heavy atom. The summed E-state index contributed by atoms with van der Waals surface area (Å²) >= 11 is 3.55. The number of hydrogen-bond donors (Lipinski definition) is 2. The second-order valence-corrected chi connectivity index (χ2v) is 6.40. The number of nitrogens with one attached hydrogen (secondary N) is 2. The van der Waals surface area contributed by atoms with Crippen molar-refractivity contribution in [2.45, 2.75) is 0 Å². The molecule has 124 valence electrons. The Morgan fingerprint density at radius 1 is 1.12 bits per heavy atom. The molecule has 0 bridgehead atoms. The molecule has 0 atom stereocenters. The van der Waals surface area contributed by atoms with Crippen LogP contribution < -0.4 is 10.1 Å². The van der Waals surface area contributed by atoms with E-state index < -0.39 is 0 Å². The molecule has 1 aromatic heterocycles. The SMILES string of the molecule is O=C(COc1ccc2ccccc2c1Br)Nc1ccc2[nH]ncc2c1. The van der Waals surface area contributed by atoms with E-state index in [9.17, 15) is 4.79 Å². The third-order valence-electron chi connectivity index (χ3n) is 3.91. The maximum atomic E-state index is 12.2. The summed E-state index contributed by atoms with van der Waals surface area (Å²) in [6, 6.07) is 17.4. The summed E-state index contributed by atoms with van der Waals surface area (Å²) in [5.74, 6) is 0.419. The van der Waals surface area contributed by atoms with Gasteiger partial charge in [-0.1, -0.05) is 30.3 Å². The van der Waals surface area contributed by atoms with Gasteiger partial charge in [-0.15, -0.1) is 0 Å². The average Bonchev–Trinajstić information content (AvgIpc) is 3.09. The van der Waals surface area contributed by atoms with Gasteiger partial charge in [0.05, 0.1) is 16.2 Å². The molecule has 2 N–H and O–H groups in total. The topological polar surface area (TPSA) is 67.0 Å². The standard InChI is InChI=1S/C19H14BrN3O2/c20-19-15-4-2-1-3-12(15)5-8-17(19)25-11-18(24)22-14-6-7-16-13(9-14)10-21-23-16/h1-10H,11H2,(H,21,23)(H,22,24). The fraction of sp³-hybridized carbons (Fsp3) is 0.0526. The van der Waals surface area contributed by atoms with Gasteiger partial charge in [-0.25, -0.2) is 0 Å². The smallest absolute Gasteiger partial charge is 0.262 e. The zero-order valence-corrected chi connectivity index (χ0v) is 14.7. The lowest BCUT2D eigenvalue weighted by atomic mass is 10.1. The van der Waals surface area contributed by atoms with Crippen molar-refractivity contribution in [3.05, 3.63) is 65.3 Å². The maximum absolute atomic E-state index is 12.2. The zero-order chi connectivity index (χ0) is 17.2. The molecule has 25 heavy (non-hydrogen) atoms. The number of anilines is 1. The minimum Gasteiger partial charge on any atom is -0.483 e. The highest BCUT2D eigenvalue weighted by Gasteiger charge is 2.09. The van der Waals surface area contributed by atoms with Crippen molar-refractivity contribution in [1.82, 2.24) is 10.2 Å². The number of carbonyl (C=O) groups is 1. The van der Waals surface area contributed by atoms with Crippen molar-refractivity contribution in [3.8, 4) is 5.75 Å². The van der Waals surface area contributed by atoms with E-state index in [4.69, 9.17) is 4.74 Å². The molecule has 1 heterocycles. The molecule has 0 aliphatic rings. The van der Waals surface area contributed by atoms with Gasteiger partial charge >= 0.3 is 0 Å². The molecule has 1 amide bonds. The van der Waals surface area contributed by atoms with E-state index in [0.29, 0.717) is 11.4 Å². The Bertz CT molecular complexity index is 1070. The van der Waals surface area contributed by atoms with Gasteiger partial charge in [0.15, 0.2) is 6.61 Å². The normalized spacial score (nSPS) is 10.9. The number of carbonyl (C=O) groups excluding carboxylic acids is 1. The third kappa shape index (κ3) is 3.21. The summed E-state index contributed by atoms with van der Waals surface area (Å²) < 4.78 is 6.52. The molecule has 0 unspecified atom stereocenters. The Hall–Kier alpha value is -2.86. The zero-order valence-electron chi connectivity index (χ0n) is 13.1. The summed E-state index contributed by atoms with van der Waals surface area (Å²) in [5, 5.41) is 12.8. The van der Waals surface area contributed by atoms with Crippen molar-refractivity contribution in [2.24, 2.45) is 0 Å². The third-order valence-corrected chi connectivity index (χ3v) is 4.73. The quantitative estimate of drug-likeness (QED) is 0.534. The molecule has 5 nitrogen and oxygen atoms in total. The van der Waals surface area contributed by atoms with E-state index in [-0.39, 0.29) is 12.5 Å². The second kappa shape index (κ2) is 6.57. The summed E-state index contributed by atoms with van der Waals surface area (Å²) in [7, 11) is 0. The van der Waals surface area contributed by atoms with Gasteiger partial charge in [0, 0.05) is 11.1 Å². The number of hydrogen-bond acceptors (Lipinski definition) is 3. The van der Waals surface area contributed by atoms with E-state index in [0.717, 1.165) is 26.1 Å². The summed E-state index contributed by atoms with van der Waals surface area (Å²) in [4.78, 5) is 12.2. The van der Waals surface area contributed by atoms with E-state index in [1.165, 1.54) is 0 Å². The molecule has 6 heteroatoms. The van der Waals surface area contributed by atoms with Crippen LogP contribution in [0, 0.1) is 0 Å². The van der Waals surface area contributed by atoms with Crippen LogP contribution in [0.2, 0.25) is 0 Å². The molecule has 0 saturated carbocycles. The molecule has 4 rings (SSSR count). The number of ether oxygens (including phenoxy) is 1. The van der Waals surface area contributed by atoms with E-state index in [1.54, 1.807) is 6.20 Å². The predicted molar refractivity (Wildman–Crippen MR) is 102 cm³/mol. The molecule has 4 aromatic rings. The van der Waals surface area contributed by atoms with Crippen LogP contribution in [0.15, 0.2) is 65.3 Å². The minimum absolute atomic E-state index is 0.0691. The monoisotopic (exact) mass is 395 g/mol. The van der Waals surface area contributed by atoms with Gasteiger partial charge in [0.1, 0.15) is 5.75 Å². The number of benzene rings is 3. The first-order valence-corrected chi connectivity index (χ1v) is 8.53. The molecule has 0 radical (unpaired) electrons. The highest BCUT2D eigenvalue weighted by Crippen LogP contribution is 2.33. The van der Waals surface area contributed by atoms with Gasteiger partial charge < -0.3 is 10.1 Å². The highest BCUT2D eigenvalue weighted by atomic mass is 79.9. The van der Waals surface area contributed by atoms with Gasteiger partial charge in [0.25, 0.3) is 5.91 Å². The molecule has 0 saturated heterocycles. The number of amides is 1. The lowest BCUT2D eigenvalue weighted by Crippen LogP contribution is -2.20. The predicted octanol–water partition coefficient (Wildman–Crippen LogP) is 4.50. The van der Waals surface area contributed by atoms with Crippen LogP contribution in [0.1, 0.15) is 0 Å². The Labute approximate surface area is 152 Å². The van der Waals surface area contributed by atoms with Crippen LogP contribution in [-0.2, 0) is 4.79 Å². The van der Waals surface area contributed by atoms with Crippen LogP contribution in [0.5, 0.6) is 5.75 Å². The van der Waals surface area contributed by atoms with Crippen molar-refractivity contribution in [3.63, 3.8) is 0 Å². The van der Waals surface area contributed by atoms with Crippen LogP contribution in [0.4, 0.5) is 5.69 Å². The van der Waals surface area contributed by atoms with E-state index in [1.807, 2.05) is 54.6 Å². The first kappa shape index (κ1) is 15.7. The molecule has 0 aliphatic heterocycles. The minimum atomic E-state index is -0.220. The number of aromatic nitrogens is 2. The van der Waals surface area contributed by atoms with Gasteiger partial charge in [0.2, 0.25) is 0 Å². The van der Waals surface area contributed by atoms with Gasteiger partial charge in [-0.3, -0.25) is 9.89 Å². The molecule has 0 fully saturated rings. The number of nitrogens with zero attached hydrogens (tertiary/aromatic N) is 1. The fourth-order valence-corrected chi connectivity index (χ4v) is 3.29. The van der Waals surface area contributed by atoms with Crippen molar-refractivity contribution in [2.75, 3.05) is 11.9 Å². The fourth-order valence-electron chi connectivity index (χ4n) is 2.69. The van der Waals surface area contributed by atoms with Crippen molar-refractivity contribution >= 4 is 49.2 Å². The Kier molecular flexibility index (Phi) is 4.11. The van der Waals surface area contributed by atoms with Crippen LogP contribution in [0.25, 0.3) is 21.7 Å². The number of halogens is 1. The summed E-state index contributed by atoms with van der Waals surface area (Å²) in [6.07, 6.45) is 1.72. The van der Waals surface area contributed by atoms with E-state index >= 15 is 0 Å². The molecule has 3 aromatic carbocycles. The maximum Gasteiger partial charge on any atom is 0.262 e. The van der Waals surface area contributed by atoms with Crippen LogP contribution in [0.3, 0.4) is 0 Å². The lowest BCUT2D eigenvalue weighted by molar-refractivity contribution is -0.118. The number of aromatic amines is 1. The van der Waals surface area contributed by atoms with Crippen molar-refractivity contribution in [1.29, 1.82) is 0 Å². The molecule has 0 aliphatic carbocycles. The highest BCUT2D eigenvalue weighted by molar-refractivity contribution is 9.10. The number of fused-ring (bicyclic) bond motifs is 2. The first-order valence-electron chi connectivity index (χ1n) is 7.74. The van der Waals surface area contributed by atoms with Crippen LogP contribution >= 0.6 is 15.9 Å². The number of rotatable bonds is 4. The summed E-state index contributed by atoms with van der Waals surface area (Å²) in [6.45, 7) is -0.0691. The largest absolute Gasteiger partial charge is 0.483 e. The lowest BCUT2D eigenvalue weighted by Gasteiger charge is -2.11. The first-order chi connectivity index (χ1) is 12.2. The Balaban J connectivity index is 1.45. The van der Waals surface area contributed by atoms with Crippen molar-refractivity contribution < 1.29 is 9.53 Å². The molecular weight excluding hydrogens is 382 g/mol. The average molecular weight is 396 g/mol. The second-order valence-electron chi connectivity index (χ2n) is 5.61. The van der Waals surface area contributed by atoms with Gasteiger partial charge in [-0.05, 0) is 51.0 Å². The molecular formula is C19H14BrN3O2. The molecule has 0 spiro atoms.